The van der Waals surface area contributed by atoms with Crippen molar-refractivity contribution in [3.63, 3.8) is 0 Å². The standard InChI is InChI=1S/C26H31F2N9O2/c1-19(26(38,16-36-18-29-17-30-36)21-8-7-20(27)15-22(21)28)37-25(31-32-33-37)9-10-34-11-13-35(14-12-34)23-5-3-4-6-24(23)39-2/h3-8,15,17-19,38H,9-14,16H2,1-2H3. The van der Waals surface area contributed by atoms with Crippen LogP contribution in [0.25, 0.3) is 0 Å². The molecule has 0 saturated carbocycles. The van der Waals surface area contributed by atoms with Gasteiger partial charge in [-0.2, -0.15) is 5.10 Å². The zero-order chi connectivity index (χ0) is 27.4. The van der Waals surface area contributed by atoms with E-state index in [0.29, 0.717) is 18.8 Å². The molecule has 1 aliphatic heterocycles. The maximum Gasteiger partial charge on any atom is 0.153 e. The quantitative estimate of drug-likeness (QED) is 0.324. The van der Waals surface area contributed by atoms with Gasteiger partial charge in [-0.1, -0.05) is 18.2 Å². The highest BCUT2D eigenvalue weighted by Gasteiger charge is 2.42. The Bertz CT molecular complexity index is 1380. The monoisotopic (exact) mass is 539 g/mol. The number of benzene rings is 2. The van der Waals surface area contributed by atoms with Crippen molar-refractivity contribution in [2.45, 2.75) is 31.5 Å². The number of aromatic nitrogens is 7. The average Bonchev–Trinajstić information content (AvgIpc) is 3.64. The molecule has 1 fully saturated rings. The summed E-state index contributed by atoms with van der Waals surface area (Å²) < 4.78 is 37.0. The summed E-state index contributed by atoms with van der Waals surface area (Å²) in [6, 6.07) is 10.3. The number of rotatable bonds is 10. The third-order valence-electron chi connectivity index (χ3n) is 7.34. The van der Waals surface area contributed by atoms with Gasteiger partial charge in [0, 0.05) is 50.8 Å². The number of hydrogen-bond donors (Lipinski definition) is 1. The van der Waals surface area contributed by atoms with Crippen molar-refractivity contribution >= 4 is 5.69 Å². The molecule has 0 radical (unpaired) electrons. The third-order valence-corrected chi connectivity index (χ3v) is 7.34. The third kappa shape index (κ3) is 5.59. The number of tetrazole rings is 1. The smallest absolute Gasteiger partial charge is 0.153 e. The normalized spacial score (nSPS) is 16.7. The molecule has 2 aromatic heterocycles. The summed E-state index contributed by atoms with van der Waals surface area (Å²) >= 11 is 0. The average molecular weight is 540 g/mol. The van der Waals surface area contributed by atoms with Gasteiger partial charge < -0.3 is 14.7 Å². The molecule has 39 heavy (non-hydrogen) atoms. The van der Waals surface area contributed by atoms with Gasteiger partial charge in [0.1, 0.15) is 35.6 Å². The van der Waals surface area contributed by atoms with Crippen LogP contribution in [-0.4, -0.2) is 84.8 Å². The van der Waals surface area contributed by atoms with Crippen molar-refractivity contribution in [1.82, 2.24) is 39.9 Å². The van der Waals surface area contributed by atoms with Gasteiger partial charge in [0.25, 0.3) is 0 Å². The fourth-order valence-corrected chi connectivity index (χ4v) is 5.09. The zero-order valence-electron chi connectivity index (χ0n) is 21.9. The van der Waals surface area contributed by atoms with E-state index in [1.165, 1.54) is 28.1 Å². The Morgan fingerprint density at radius 3 is 2.62 bits per heavy atom. The largest absolute Gasteiger partial charge is 0.495 e. The predicted molar refractivity (Wildman–Crippen MR) is 138 cm³/mol. The highest BCUT2D eigenvalue weighted by molar-refractivity contribution is 5.58. The molecule has 0 spiro atoms. The summed E-state index contributed by atoms with van der Waals surface area (Å²) in [5.41, 5.74) is -0.853. The summed E-state index contributed by atoms with van der Waals surface area (Å²) in [7, 11) is 1.68. The summed E-state index contributed by atoms with van der Waals surface area (Å²) in [6.45, 7) is 5.68. The Kier molecular flexibility index (Phi) is 7.79. The number of nitrogens with zero attached hydrogens (tertiary/aromatic N) is 9. The van der Waals surface area contributed by atoms with Gasteiger partial charge >= 0.3 is 0 Å². The van der Waals surface area contributed by atoms with Crippen LogP contribution in [0.15, 0.2) is 55.1 Å². The van der Waals surface area contributed by atoms with Crippen molar-refractivity contribution in [3.05, 3.63) is 78.1 Å². The van der Waals surface area contributed by atoms with Crippen LogP contribution in [0.2, 0.25) is 0 Å². The first-order chi connectivity index (χ1) is 18.9. The molecule has 0 bridgehead atoms. The topological polar surface area (TPSA) is 110 Å². The molecule has 11 nitrogen and oxygen atoms in total. The molecular weight excluding hydrogens is 508 g/mol. The van der Waals surface area contributed by atoms with Gasteiger partial charge in [-0.3, -0.25) is 4.90 Å². The number of hydrogen-bond acceptors (Lipinski definition) is 9. The van der Waals surface area contributed by atoms with E-state index in [1.807, 2.05) is 18.2 Å². The summed E-state index contributed by atoms with van der Waals surface area (Å²) in [5, 5.41) is 28.1. The van der Waals surface area contributed by atoms with Crippen molar-refractivity contribution in [1.29, 1.82) is 0 Å². The number of aliphatic hydroxyl groups is 1. The number of anilines is 1. The Hall–Kier alpha value is -3.97. The summed E-state index contributed by atoms with van der Waals surface area (Å²) in [5.74, 6) is -0.197. The van der Waals surface area contributed by atoms with E-state index in [-0.39, 0.29) is 12.1 Å². The van der Waals surface area contributed by atoms with E-state index < -0.39 is 23.3 Å². The summed E-state index contributed by atoms with van der Waals surface area (Å²) in [4.78, 5) is 8.55. The van der Waals surface area contributed by atoms with Crippen LogP contribution in [0.4, 0.5) is 14.5 Å². The van der Waals surface area contributed by atoms with Crippen molar-refractivity contribution in [2.75, 3.05) is 44.7 Å². The van der Waals surface area contributed by atoms with E-state index >= 15 is 0 Å². The Morgan fingerprint density at radius 2 is 1.90 bits per heavy atom. The molecule has 2 unspecified atom stereocenters. The number of halogens is 2. The SMILES string of the molecule is COc1ccccc1N1CCN(CCc2nnnn2C(C)C(O)(Cn2cncn2)c2ccc(F)cc2F)CC1. The zero-order valence-corrected chi connectivity index (χ0v) is 21.9. The maximum absolute atomic E-state index is 14.9. The molecule has 3 heterocycles. The molecule has 5 rings (SSSR count). The number of piperazine rings is 1. The lowest BCUT2D eigenvalue weighted by Crippen LogP contribution is -2.47. The van der Waals surface area contributed by atoms with Gasteiger partial charge in [-0.25, -0.2) is 23.1 Å². The fourth-order valence-electron chi connectivity index (χ4n) is 5.09. The van der Waals surface area contributed by atoms with Crippen LogP contribution in [-0.2, 0) is 18.6 Å². The molecule has 2 aromatic carbocycles. The van der Waals surface area contributed by atoms with Crippen LogP contribution < -0.4 is 9.64 Å². The molecule has 1 N–H and O–H groups in total. The van der Waals surface area contributed by atoms with E-state index in [2.05, 4.69) is 41.5 Å². The minimum Gasteiger partial charge on any atom is -0.495 e. The van der Waals surface area contributed by atoms with Crippen LogP contribution in [0.5, 0.6) is 5.75 Å². The van der Waals surface area contributed by atoms with Gasteiger partial charge in [0.2, 0.25) is 0 Å². The lowest BCUT2D eigenvalue weighted by atomic mass is 9.86. The molecule has 1 saturated heterocycles. The predicted octanol–water partition coefficient (Wildman–Crippen LogP) is 2.07. The van der Waals surface area contributed by atoms with Crippen LogP contribution >= 0.6 is 0 Å². The van der Waals surface area contributed by atoms with E-state index in [0.717, 1.165) is 49.7 Å². The van der Waals surface area contributed by atoms with Gasteiger partial charge in [0.05, 0.1) is 25.4 Å². The van der Waals surface area contributed by atoms with E-state index in [1.54, 1.807) is 14.0 Å². The molecule has 0 aliphatic carbocycles. The van der Waals surface area contributed by atoms with Crippen molar-refractivity contribution in [2.24, 2.45) is 0 Å². The van der Waals surface area contributed by atoms with Crippen LogP contribution in [0, 0.1) is 11.6 Å². The van der Waals surface area contributed by atoms with Crippen molar-refractivity contribution < 1.29 is 18.6 Å². The second kappa shape index (κ2) is 11.4. The van der Waals surface area contributed by atoms with Crippen molar-refractivity contribution in [3.8, 4) is 5.75 Å². The van der Waals surface area contributed by atoms with E-state index in [4.69, 9.17) is 4.74 Å². The maximum atomic E-state index is 14.9. The second-order valence-electron chi connectivity index (χ2n) is 9.61. The number of methoxy groups -OCH3 is 1. The van der Waals surface area contributed by atoms with Gasteiger partial charge in [-0.05, 0) is 35.5 Å². The fraction of sp³-hybridized carbons (Fsp3) is 0.423. The van der Waals surface area contributed by atoms with E-state index in [9.17, 15) is 13.9 Å². The second-order valence-corrected chi connectivity index (χ2v) is 9.61. The van der Waals surface area contributed by atoms with Crippen LogP contribution in [0.3, 0.4) is 0 Å². The first-order valence-electron chi connectivity index (χ1n) is 12.8. The molecular formula is C26H31F2N9O2. The minimum atomic E-state index is -1.85. The lowest BCUT2D eigenvalue weighted by Gasteiger charge is -2.37. The Morgan fingerprint density at radius 1 is 1.10 bits per heavy atom. The summed E-state index contributed by atoms with van der Waals surface area (Å²) in [6.07, 6.45) is 3.27. The number of para-hydroxylation sites is 2. The first-order valence-corrected chi connectivity index (χ1v) is 12.8. The molecule has 0 amide bonds. The first kappa shape index (κ1) is 26.6. The van der Waals surface area contributed by atoms with Crippen LogP contribution in [0.1, 0.15) is 24.4 Å². The molecule has 206 valence electrons. The molecule has 13 heteroatoms. The molecule has 4 aromatic rings. The molecule has 2 atom stereocenters. The molecule has 1 aliphatic rings. The number of ether oxygens (including phenoxy) is 1. The van der Waals surface area contributed by atoms with Gasteiger partial charge in [0.15, 0.2) is 5.82 Å². The highest BCUT2D eigenvalue weighted by Crippen LogP contribution is 2.37. The Labute approximate surface area is 224 Å². The Balaban J connectivity index is 1.29. The minimum absolute atomic E-state index is 0.0826. The van der Waals surface area contributed by atoms with Gasteiger partial charge in [-0.15, -0.1) is 5.10 Å². The lowest BCUT2D eigenvalue weighted by molar-refractivity contribution is -0.0384. The highest BCUT2D eigenvalue weighted by atomic mass is 19.1.